The molecule has 0 aliphatic rings. The second-order valence-electron chi connectivity index (χ2n) is 4.87. The minimum atomic E-state index is -0.927. The van der Waals surface area contributed by atoms with Crippen molar-refractivity contribution in [2.24, 2.45) is 0 Å². The van der Waals surface area contributed by atoms with Crippen molar-refractivity contribution in [2.75, 3.05) is 20.1 Å². The van der Waals surface area contributed by atoms with Crippen LogP contribution in [0.4, 0.5) is 0 Å². The van der Waals surface area contributed by atoms with Gasteiger partial charge in [0.15, 0.2) is 0 Å². The van der Waals surface area contributed by atoms with E-state index in [-0.39, 0.29) is 12.5 Å². The molecule has 20 heavy (non-hydrogen) atoms. The van der Waals surface area contributed by atoms with Crippen LogP contribution in [-0.2, 0) is 16.0 Å². The maximum absolute atomic E-state index is 11.6. The number of benzene rings is 1. The first-order valence-electron chi connectivity index (χ1n) is 6.74. The summed E-state index contributed by atoms with van der Waals surface area (Å²) >= 11 is 0. The molecule has 1 unspecified atom stereocenters. The second kappa shape index (κ2) is 8.32. The molecule has 5 heteroatoms. The third-order valence-corrected chi connectivity index (χ3v) is 3.22. The largest absolute Gasteiger partial charge is 0.480 e. The van der Waals surface area contributed by atoms with Gasteiger partial charge in [0.05, 0.1) is 6.54 Å². The number of likely N-dealkylation sites (N-methyl/N-ethyl adjacent to an activating group) is 1. The van der Waals surface area contributed by atoms with Gasteiger partial charge in [-0.05, 0) is 32.4 Å². The smallest absolute Gasteiger partial charge is 0.320 e. The molecule has 0 aliphatic carbocycles. The van der Waals surface area contributed by atoms with E-state index in [0.29, 0.717) is 6.54 Å². The Bertz CT molecular complexity index is 434. The molecule has 0 heterocycles. The molecule has 5 nitrogen and oxygen atoms in total. The number of amides is 1. The van der Waals surface area contributed by atoms with Gasteiger partial charge in [0.1, 0.15) is 6.04 Å². The molecule has 0 aliphatic heterocycles. The van der Waals surface area contributed by atoms with Crippen LogP contribution in [0.2, 0.25) is 0 Å². The lowest BCUT2D eigenvalue weighted by Gasteiger charge is -2.20. The molecule has 1 aromatic rings. The van der Waals surface area contributed by atoms with Gasteiger partial charge in [-0.1, -0.05) is 30.3 Å². The summed E-state index contributed by atoms with van der Waals surface area (Å²) < 4.78 is 0. The number of hydrogen-bond acceptors (Lipinski definition) is 3. The molecular weight excluding hydrogens is 256 g/mol. The topological polar surface area (TPSA) is 69.6 Å². The molecule has 1 atom stereocenters. The van der Waals surface area contributed by atoms with Crippen molar-refractivity contribution in [2.45, 2.75) is 25.8 Å². The summed E-state index contributed by atoms with van der Waals surface area (Å²) in [6.07, 6.45) is 1.79. The lowest BCUT2D eigenvalue weighted by Crippen LogP contribution is -2.43. The molecule has 1 amide bonds. The Hall–Kier alpha value is -1.88. The van der Waals surface area contributed by atoms with E-state index >= 15 is 0 Å². The highest BCUT2D eigenvalue weighted by atomic mass is 16.4. The van der Waals surface area contributed by atoms with Crippen LogP contribution in [0.1, 0.15) is 18.9 Å². The molecule has 0 radical (unpaired) electrons. The van der Waals surface area contributed by atoms with E-state index < -0.39 is 12.0 Å². The van der Waals surface area contributed by atoms with Crippen molar-refractivity contribution in [1.82, 2.24) is 10.2 Å². The summed E-state index contributed by atoms with van der Waals surface area (Å²) in [7, 11) is 1.63. The number of aryl methyl sites for hydroxylation is 1. The molecule has 0 saturated carbocycles. The maximum Gasteiger partial charge on any atom is 0.320 e. The predicted molar refractivity (Wildman–Crippen MR) is 77.5 cm³/mol. The summed E-state index contributed by atoms with van der Waals surface area (Å²) in [4.78, 5) is 23.9. The average molecular weight is 278 g/mol. The minimum absolute atomic E-state index is 0.0960. The molecular formula is C15H22N2O3. The summed E-state index contributed by atoms with van der Waals surface area (Å²) in [6.45, 7) is 2.26. The first-order valence-corrected chi connectivity index (χ1v) is 6.74. The minimum Gasteiger partial charge on any atom is -0.480 e. The van der Waals surface area contributed by atoms with E-state index in [4.69, 9.17) is 5.11 Å². The fourth-order valence-corrected chi connectivity index (χ4v) is 1.77. The van der Waals surface area contributed by atoms with Crippen molar-refractivity contribution >= 4 is 11.9 Å². The Labute approximate surface area is 119 Å². The number of carboxylic acid groups (broad SMARTS) is 1. The third kappa shape index (κ3) is 5.84. The van der Waals surface area contributed by atoms with Crippen molar-refractivity contribution in [3.05, 3.63) is 35.9 Å². The third-order valence-electron chi connectivity index (χ3n) is 3.22. The van der Waals surface area contributed by atoms with Crippen LogP contribution >= 0.6 is 0 Å². The van der Waals surface area contributed by atoms with E-state index in [1.807, 2.05) is 18.2 Å². The number of hydrogen-bond donors (Lipinski definition) is 2. The summed E-state index contributed by atoms with van der Waals surface area (Å²) in [5, 5.41) is 11.6. The molecule has 1 rings (SSSR count). The number of nitrogens with one attached hydrogen (secondary N) is 1. The Morgan fingerprint density at radius 2 is 1.95 bits per heavy atom. The molecule has 0 bridgehead atoms. The molecule has 1 aromatic carbocycles. The van der Waals surface area contributed by atoms with Gasteiger partial charge in [0, 0.05) is 6.54 Å². The number of carbonyl (C=O) groups excluding carboxylic acids is 1. The molecule has 0 saturated heterocycles. The summed E-state index contributed by atoms with van der Waals surface area (Å²) in [6, 6.07) is 9.43. The monoisotopic (exact) mass is 278 g/mol. The quantitative estimate of drug-likeness (QED) is 0.700. The van der Waals surface area contributed by atoms with Crippen molar-refractivity contribution in [3.63, 3.8) is 0 Å². The highest BCUT2D eigenvalue weighted by Gasteiger charge is 2.18. The zero-order valence-electron chi connectivity index (χ0n) is 12.0. The fraction of sp³-hybridized carbons (Fsp3) is 0.467. The Morgan fingerprint density at radius 1 is 1.30 bits per heavy atom. The standard InChI is InChI=1S/C15H22N2O3/c1-12(15(19)20)17(2)11-14(18)16-10-6-9-13-7-4-3-5-8-13/h3-5,7-8,12H,6,9-11H2,1-2H3,(H,16,18)(H,19,20). The number of carboxylic acids is 1. The van der Waals surface area contributed by atoms with Crippen LogP contribution in [0.3, 0.4) is 0 Å². The lowest BCUT2D eigenvalue weighted by molar-refractivity contribution is -0.142. The zero-order valence-corrected chi connectivity index (χ0v) is 12.0. The van der Waals surface area contributed by atoms with E-state index in [1.165, 1.54) is 10.5 Å². The van der Waals surface area contributed by atoms with Gasteiger partial charge in [0.2, 0.25) is 5.91 Å². The van der Waals surface area contributed by atoms with Crippen LogP contribution in [0.15, 0.2) is 30.3 Å². The molecule has 0 aromatic heterocycles. The van der Waals surface area contributed by atoms with E-state index in [1.54, 1.807) is 14.0 Å². The van der Waals surface area contributed by atoms with Gasteiger partial charge < -0.3 is 10.4 Å². The number of nitrogens with zero attached hydrogens (tertiary/aromatic N) is 1. The van der Waals surface area contributed by atoms with Crippen LogP contribution < -0.4 is 5.32 Å². The normalized spacial score (nSPS) is 12.2. The van der Waals surface area contributed by atoms with Crippen molar-refractivity contribution in [1.29, 1.82) is 0 Å². The van der Waals surface area contributed by atoms with Crippen molar-refractivity contribution in [3.8, 4) is 0 Å². The highest BCUT2D eigenvalue weighted by Crippen LogP contribution is 2.01. The summed E-state index contributed by atoms with van der Waals surface area (Å²) in [5.74, 6) is -1.07. The maximum atomic E-state index is 11.6. The van der Waals surface area contributed by atoms with Gasteiger partial charge >= 0.3 is 5.97 Å². The Morgan fingerprint density at radius 3 is 2.55 bits per heavy atom. The van der Waals surface area contributed by atoms with Crippen LogP contribution in [0, 0.1) is 0 Å². The van der Waals surface area contributed by atoms with Gasteiger partial charge in [-0.25, -0.2) is 0 Å². The van der Waals surface area contributed by atoms with Gasteiger partial charge in [0.25, 0.3) is 0 Å². The van der Waals surface area contributed by atoms with E-state index in [0.717, 1.165) is 12.8 Å². The lowest BCUT2D eigenvalue weighted by atomic mass is 10.1. The number of aliphatic carboxylic acids is 1. The fourth-order valence-electron chi connectivity index (χ4n) is 1.77. The second-order valence-corrected chi connectivity index (χ2v) is 4.87. The molecule has 2 N–H and O–H groups in total. The SMILES string of the molecule is CC(C(=O)O)N(C)CC(=O)NCCCc1ccccc1. The van der Waals surface area contributed by atoms with Gasteiger partial charge in [-0.3, -0.25) is 14.5 Å². The molecule has 110 valence electrons. The Balaban J connectivity index is 2.19. The van der Waals surface area contributed by atoms with E-state index in [2.05, 4.69) is 17.4 Å². The molecule has 0 spiro atoms. The average Bonchev–Trinajstić information content (AvgIpc) is 2.43. The number of carbonyl (C=O) groups is 2. The highest BCUT2D eigenvalue weighted by molar-refractivity contribution is 5.79. The van der Waals surface area contributed by atoms with Crippen LogP contribution in [-0.4, -0.2) is 48.1 Å². The predicted octanol–water partition coefficient (Wildman–Crippen LogP) is 1.14. The molecule has 0 fully saturated rings. The van der Waals surface area contributed by atoms with Crippen LogP contribution in [0.25, 0.3) is 0 Å². The van der Waals surface area contributed by atoms with Crippen LogP contribution in [0.5, 0.6) is 0 Å². The number of rotatable bonds is 8. The first-order chi connectivity index (χ1) is 9.50. The van der Waals surface area contributed by atoms with Crippen molar-refractivity contribution < 1.29 is 14.7 Å². The first kappa shape index (κ1) is 16.2. The summed E-state index contributed by atoms with van der Waals surface area (Å²) in [5.41, 5.74) is 1.25. The van der Waals surface area contributed by atoms with Gasteiger partial charge in [-0.15, -0.1) is 0 Å². The Kier molecular flexibility index (Phi) is 6.73. The van der Waals surface area contributed by atoms with E-state index in [9.17, 15) is 9.59 Å². The van der Waals surface area contributed by atoms with Gasteiger partial charge in [-0.2, -0.15) is 0 Å². The zero-order chi connectivity index (χ0) is 15.0.